The Morgan fingerprint density at radius 2 is 1.69 bits per heavy atom. The molecule has 0 aromatic rings. The SMILES string of the molecule is CCOC(C)(C)C[N+]#CC(C)(C)C. The summed E-state index contributed by atoms with van der Waals surface area (Å²) in [6.45, 7) is 13.8. The van der Waals surface area contributed by atoms with Crippen molar-refractivity contribution in [2.75, 3.05) is 13.2 Å². The van der Waals surface area contributed by atoms with E-state index in [1.54, 1.807) is 0 Å². The van der Waals surface area contributed by atoms with E-state index in [-0.39, 0.29) is 11.0 Å². The van der Waals surface area contributed by atoms with E-state index in [0.29, 0.717) is 6.54 Å². The Hall–Kier alpha value is -0.550. The third-order valence-corrected chi connectivity index (χ3v) is 1.41. The number of hydrogen-bond acceptors (Lipinski definition) is 1. The molecule has 0 atom stereocenters. The zero-order valence-electron chi connectivity index (χ0n) is 9.77. The standard InChI is InChI=1S/C11H22NO/c1-7-13-11(5,6)9-12-8-10(2,3)4/h7,9H2,1-6H3/q+1. The van der Waals surface area contributed by atoms with Crippen molar-refractivity contribution in [3.05, 3.63) is 4.85 Å². The Bertz CT molecular complexity index is 202. The molecule has 0 saturated carbocycles. The normalized spacial score (nSPS) is 12.2. The second-order valence-corrected chi connectivity index (χ2v) is 4.87. The topological polar surface area (TPSA) is 13.6 Å². The lowest BCUT2D eigenvalue weighted by Gasteiger charge is -2.15. The smallest absolute Gasteiger partial charge is 0.291 e. The van der Waals surface area contributed by atoms with Crippen LogP contribution >= 0.6 is 0 Å². The van der Waals surface area contributed by atoms with E-state index in [9.17, 15) is 0 Å². The van der Waals surface area contributed by atoms with E-state index in [2.05, 4.69) is 31.7 Å². The first-order valence-corrected chi connectivity index (χ1v) is 4.84. The summed E-state index contributed by atoms with van der Waals surface area (Å²) in [5.41, 5.74) is -0.116. The molecule has 0 N–H and O–H groups in total. The number of hydrogen-bond donors (Lipinski definition) is 0. The molecule has 0 fully saturated rings. The van der Waals surface area contributed by atoms with E-state index in [0.717, 1.165) is 6.61 Å². The monoisotopic (exact) mass is 184 g/mol. The van der Waals surface area contributed by atoms with Gasteiger partial charge in [-0.1, -0.05) is 4.85 Å². The predicted molar refractivity (Wildman–Crippen MR) is 57.3 cm³/mol. The van der Waals surface area contributed by atoms with Gasteiger partial charge in [-0.15, -0.1) is 0 Å². The summed E-state index contributed by atoms with van der Waals surface area (Å²) in [6, 6.07) is 3.08. The van der Waals surface area contributed by atoms with Gasteiger partial charge in [-0.05, 0) is 41.5 Å². The van der Waals surface area contributed by atoms with Crippen LogP contribution in [0.2, 0.25) is 0 Å². The van der Waals surface area contributed by atoms with Crippen molar-refractivity contribution in [1.82, 2.24) is 0 Å². The van der Waals surface area contributed by atoms with Gasteiger partial charge >= 0.3 is 0 Å². The van der Waals surface area contributed by atoms with E-state index in [4.69, 9.17) is 4.74 Å². The highest BCUT2D eigenvalue weighted by molar-refractivity contribution is 5.00. The molecule has 2 heteroatoms. The number of rotatable bonds is 3. The molecule has 2 nitrogen and oxygen atoms in total. The molecule has 0 aliphatic heterocycles. The number of nitrogens with zero attached hydrogens (tertiary/aromatic N) is 1. The summed E-state index contributed by atoms with van der Waals surface area (Å²) < 4.78 is 5.51. The highest BCUT2D eigenvalue weighted by Crippen LogP contribution is 2.13. The minimum absolute atomic E-state index is 0.0439. The zero-order valence-corrected chi connectivity index (χ0v) is 9.77. The summed E-state index contributed by atoms with van der Waals surface area (Å²) in [5.74, 6) is 0. The fourth-order valence-corrected chi connectivity index (χ4v) is 0.903. The Morgan fingerprint density at radius 1 is 1.15 bits per heavy atom. The van der Waals surface area contributed by atoms with Crippen LogP contribution in [0.4, 0.5) is 0 Å². The van der Waals surface area contributed by atoms with Crippen LogP contribution in [0, 0.1) is 11.5 Å². The second kappa shape index (κ2) is 4.62. The first-order chi connectivity index (χ1) is 5.77. The van der Waals surface area contributed by atoms with Crippen LogP contribution in [0.15, 0.2) is 0 Å². The molecule has 0 rings (SSSR count). The molecule has 0 amide bonds. The molecule has 0 aliphatic rings. The molecule has 0 heterocycles. The van der Waals surface area contributed by atoms with Crippen molar-refractivity contribution < 1.29 is 4.74 Å². The van der Waals surface area contributed by atoms with E-state index < -0.39 is 0 Å². The summed E-state index contributed by atoms with van der Waals surface area (Å²) in [5, 5.41) is 0. The van der Waals surface area contributed by atoms with Crippen LogP contribution in [-0.2, 0) is 4.74 Å². The molecule has 13 heavy (non-hydrogen) atoms. The average Bonchev–Trinajstić information content (AvgIpc) is 1.82. The maximum Gasteiger partial charge on any atom is 0.291 e. The third kappa shape index (κ3) is 7.80. The Kier molecular flexibility index (Phi) is 4.43. The Morgan fingerprint density at radius 3 is 2.08 bits per heavy atom. The van der Waals surface area contributed by atoms with Gasteiger partial charge in [0.1, 0.15) is 5.60 Å². The molecule has 0 spiro atoms. The Balaban J connectivity index is 4.05. The van der Waals surface area contributed by atoms with Crippen molar-refractivity contribution in [2.24, 2.45) is 5.41 Å². The fourth-order valence-electron chi connectivity index (χ4n) is 0.903. The molecule has 0 aromatic carbocycles. The lowest BCUT2D eigenvalue weighted by molar-refractivity contribution is 0.00307. The van der Waals surface area contributed by atoms with Gasteiger partial charge in [0.15, 0.2) is 0 Å². The van der Waals surface area contributed by atoms with Gasteiger partial charge in [0.25, 0.3) is 12.6 Å². The van der Waals surface area contributed by atoms with E-state index in [1.165, 1.54) is 0 Å². The highest BCUT2D eigenvalue weighted by Gasteiger charge is 2.24. The van der Waals surface area contributed by atoms with Crippen LogP contribution in [0.1, 0.15) is 41.5 Å². The van der Waals surface area contributed by atoms with E-state index >= 15 is 0 Å². The quantitative estimate of drug-likeness (QED) is 0.657. The molecule has 0 saturated heterocycles. The minimum Gasteiger partial charge on any atom is -0.368 e. The van der Waals surface area contributed by atoms with Gasteiger partial charge in [0.2, 0.25) is 0 Å². The van der Waals surface area contributed by atoms with Gasteiger partial charge in [-0.2, -0.15) is 0 Å². The van der Waals surface area contributed by atoms with Gasteiger partial charge in [0.05, 0.1) is 5.41 Å². The van der Waals surface area contributed by atoms with Crippen LogP contribution < -0.4 is 0 Å². The highest BCUT2D eigenvalue weighted by atomic mass is 16.5. The molecule has 0 unspecified atom stereocenters. The van der Waals surface area contributed by atoms with Crippen LogP contribution in [0.3, 0.4) is 0 Å². The first kappa shape index (κ1) is 12.4. The summed E-state index contributed by atoms with van der Waals surface area (Å²) in [4.78, 5) is 4.26. The Labute approximate surface area is 82.1 Å². The van der Waals surface area contributed by atoms with Crippen molar-refractivity contribution in [3.8, 4) is 6.07 Å². The molecule has 0 radical (unpaired) electrons. The van der Waals surface area contributed by atoms with Crippen LogP contribution in [0.5, 0.6) is 0 Å². The fraction of sp³-hybridized carbons (Fsp3) is 0.909. The maximum atomic E-state index is 5.51. The van der Waals surface area contributed by atoms with Gasteiger partial charge < -0.3 is 4.74 Å². The van der Waals surface area contributed by atoms with Crippen molar-refractivity contribution >= 4 is 0 Å². The predicted octanol–water partition coefficient (Wildman–Crippen LogP) is 3.18. The molecular weight excluding hydrogens is 162 g/mol. The van der Waals surface area contributed by atoms with Gasteiger partial charge in [0, 0.05) is 6.61 Å². The first-order valence-electron chi connectivity index (χ1n) is 4.84. The zero-order chi connectivity index (χ0) is 10.5. The van der Waals surface area contributed by atoms with Gasteiger partial charge in [-0.3, -0.25) is 0 Å². The van der Waals surface area contributed by atoms with Gasteiger partial charge in [-0.25, -0.2) is 0 Å². The lowest BCUT2D eigenvalue weighted by atomic mass is 10.00. The summed E-state index contributed by atoms with van der Waals surface area (Å²) in [7, 11) is 0. The van der Waals surface area contributed by atoms with Crippen LogP contribution in [0.25, 0.3) is 4.85 Å². The second-order valence-electron chi connectivity index (χ2n) is 4.87. The number of ether oxygens (including phenoxy) is 1. The minimum atomic E-state index is -0.160. The largest absolute Gasteiger partial charge is 0.368 e. The van der Waals surface area contributed by atoms with Crippen molar-refractivity contribution in [2.45, 2.75) is 47.1 Å². The molecule has 0 aromatic heterocycles. The van der Waals surface area contributed by atoms with Crippen molar-refractivity contribution in [1.29, 1.82) is 0 Å². The van der Waals surface area contributed by atoms with Crippen molar-refractivity contribution in [3.63, 3.8) is 0 Å². The molecule has 76 valence electrons. The summed E-state index contributed by atoms with van der Waals surface area (Å²) >= 11 is 0. The van der Waals surface area contributed by atoms with E-state index in [1.807, 2.05) is 20.8 Å². The third-order valence-electron chi connectivity index (χ3n) is 1.41. The summed E-state index contributed by atoms with van der Waals surface area (Å²) in [6.07, 6.45) is 0. The average molecular weight is 184 g/mol. The van der Waals surface area contributed by atoms with Crippen LogP contribution in [-0.4, -0.2) is 18.8 Å². The lowest BCUT2D eigenvalue weighted by Crippen LogP contribution is -2.27. The molecular formula is C11H22NO+. The molecule has 0 aliphatic carbocycles. The molecule has 0 bridgehead atoms. The maximum absolute atomic E-state index is 5.51.